The molecule has 2 aliphatic rings. The van der Waals surface area contributed by atoms with Crippen molar-refractivity contribution in [1.29, 1.82) is 0 Å². The third-order valence-electron chi connectivity index (χ3n) is 4.53. The van der Waals surface area contributed by atoms with Crippen molar-refractivity contribution in [2.45, 2.75) is 43.9 Å². The van der Waals surface area contributed by atoms with E-state index in [1.54, 1.807) is 0 Å². The molecule has 0 amide bonds. The first-order valence-corrected chi connectivity index (χ1v) is 7.74. The summed E-state index contributed by atoms with van der Waals surface area (Å²) in [7, 11) is 0. The largest absolute Gasteiger partial charge is 0.386 e. The third kappa shape index (κ3) is 2.47. The molecule has 0 radical (unpaired) electrons. The van der Waals surface area contributed by atoms with Crippen LogP contribution in [0.3, 0.4) is 0 Å². The maximum Gasteiger partial charge on any atom is 0.105 e. The Kier molecular flexibility index (Phi) is 3.69. The minimum Gasteiger partial charge on any atom is -0.386 e. The van der Waals surface area contributed by atoms with Gasteiger partial charge in [-0.15, -0.1) is 0 Å². The van der Waals surface area contributed by atoms with Gasteiger partial charge in [0.25, 0.3) is 0 Å². The van der Waals surface area contributed by atoms with Gasteiger partial charge in [-0.2, -0.15) is 0 Å². The summed E-state index contributed by atoms with van der Waals surface area (Å²) in [6, 6.07) is 6.72. The molecule has 1 heterocycles. The molecule has 1 aromatic carbocycles. The Bertz CT molecular complexity index is 479. The Hall–Kier alpha value is -0.420. The maximum absolute atomic E-state index is 10.5. The Morgan fingerprint density at radius 3 is 3.11 bits per heavy atom. The van der Waals surface area contributed by atoms with E-state index in [2.05, 4.69) is 39.4 Å². The quantitative estimate of drug-likeness (QED) is 0.897. The fraction of sp³-hybridized carbons (Fsp3) is 0.600. The lowest BCUT2D eigenvalue weighted by molar-refractivity contribution is -0.0276. The topological polar surface area (TPSA) is 41.5 Å². The normalized spacial score (nSPS) is 33.6. The first-order chi connectivity index (χ1) is 9.10. The van der Waals surface area contributed by atoms with Crippen molar-refractivity contribution >= 4 is 15.9 Å². The fourth-order valence-corrected chi connectivity index (χ4v) is 3.70. The molecule has 3 nitrogen and oxygen atoms in total. The van der Waals surface area contributed by atoms with E-state index in [9.17, 15) is 5.11 Å². The summed E-state index contributed by atoms with van der Waals surface area (Å²) >= 11 is 3.62. The molecule has 2 N–H and O–H groups in total. The van der Waals surface area contributed by atoms with Gasteiger partial charge in [-0.25, -0.2) is 0 Å². The number of aliphatic hydroxyl groups is 1. The lowest BCUT2D eigenvalue weighted by Crippen LogP contribution is -2.46. The van der Waals surface area contributed by atoms with E-state index in [4.69, 9.17) is 4.74 Å². The van der Waals surface area contributed by atoms with Crippen LogP contribution in [0, 0.1) is 0 Å². The van der Waals surface area contributed by atoms with Gasteiger partial charge in [0.2, 0.25) is 0 Å². The van der Waals surface area contributed by atoms with Gasteiger partial charge in [0, 0.05) is 30.1 Å². The molecule has 0 spiro atoms. The predicted octanol–water partition coefficient (Wildman–Crippen LogP) is 2.57. The number of halogens is 1. The van der Waals surface area contributed by atoms with Gasteiger partial charge in [-0.05, 0) is 37.0 Å². The van der Waals surface area contributed by atoms with Crippen molar-refractivity contribution in [1.82, 2.24) is 5.32 Å². The molecular weight excluding hydrogens is 306 g/mol. The molecule has 19 heavy (non-hydrogen) atoms. The second-order valence-corrected chi connectivity index (χ2v) is 6.50. The van der Waals surface area contributed by atoms with Crippen molar-refractivity contribution in [3.63, 3.8) is 0 Å². The molecule has 1 aromatic rings. The highest BCUT2D eigenvalue weighted by atomic mass is 79.9. The minimum atomic E-state index is -0.714. The molecule has 0 aromatic heterocycles. The molecule has 3 atom stereocenters. The van der Waals surface area contributed by atoms with E-state index in [1.165, 1.54) is 15.6 Å². The van der Waals surface area contributed by atoms with E-state index in [0.29, 0.717) is 19.2 Å². The highest BCUT2D eigenvalue weighted by molar-refractivity contribution is 9.10. The molecular formula is C15H20BrNO2. The number of ether oxygens (including phenoxy) is 1. The standard InChI is InChI=1S/C15H20BrNO2/c1-10-15(18,7-8-19-10)9-17-14-6-5-11-12(14)3-2-4-13(11)16/h2-4,10,14,17-18H,5-9H2,1H3. The number of benzene rings is 1. The van der Waals surface area contributed by atoms with Crippen molar-refractivity contribution in [2.24, 2.45) is 0 Å². The minimum absolute atomic E-state index is 0.0802. The van der Waals surface area contributed by atoms with E-state index < -0.39 is 5.60 Å². The molecule has 1 saturated heterocycles. The number of nitrogens with one attached hydrogen (secondary N) is 1. The van der Waals surface area contributed by atoms with Crippen molar-refractivity contribution < 1.29 is 9.84 Å². The molecule has 1 aliphatic heterocycles. The molecule has 0 bridgehead atoms. The zero-order valence-electron chi connectivity index (χ0n) is 11.2. The molecule has 1 aliphatic carbocycles. The highest BCUT2D eigenvalue weighted by Gasteiger charge is 2.40. The summed E-state index contributed by atoms with van der Waals surface area (Å²) in [4.78, 5) is 0. The third-order valence-corrected chi connectivity index (χ3v) is 5.27. The monoisotopic (exact) mass is 325 g/mol. The van der Waals surface area contributed by atoms with Crippen LogP contribution in [-0.4, -0.2) is 30.0 Å². The van der Waals surface area contributed by atoms with Gasteiger partial charge in [0.05, 0.1) is 6.10 Å². The van der Waals surface area contributed by atoms with Gasteiger partial charge in [0.1, 0.15) is 5.60 Å². The van der Waals surface area contributed by atoms with E-state index in [-0.39, 0.29) is 6.10 Å². The second kappa shape index (κ2) is 5.17. The van der Waals surface area contributed by atoms with Gasteiger partial charge in [-0.1, -0.05) is 28.1 Å². The smallest absolute Gasteiger partial charge is 0.105 e. The molecule has 3 unspecified atom stereocenters. The Morgan fingerprint density at radius 1 is 1.53 bits per heavy atom. The fourth-order valence-electron chi connectivity index (χ4n) is 3.12. The van der Waals surface area contributed by atoms with E-state index >= 15 is 0 Å². The average Bonchev–Trinajstić information content (AvgIpc) is 2.94. The van der Waals surface area contributed by atoms with Crippen molar-refractivity contribution in [2.75, 3.05) is 13.2 Å². The highest BCUT2D eigenvalue weighted by Crippen LogP contribution is 2.36. The van der Waals surface area contributed by atoms with Crippen LogP contribution in [0.2, 0.25) is 0 Å². The number of hydrogen-bond donors (Lipinski definition) is 2. The number of hydrogen-bond acceptors (Lipinski definition) is 3. The summed E-state index contributed by atoms with van der Waals surface area (Å²) in [6.45, 7) is 3.21. The van der Waals surface area contributed by atoms with E-state index in [0.717, 1.165) is 19.3 Å². The first kappa shape index (κ1) is 13.6. The summed E-state index contributed by atoms with van der Waals surface area (Å²) in [5.41, 5.74) is 2.06. The zero-order valence-corrected chi connectivity index (χ0v) is 12.7. The lowest BCUT2D eigenvalue weighted by Gasteiger charge is -2.28. The summed E-state index contributed by atoms with van der Waals surface area (Å²) in [6.07, 6.45) is 2.84. The van der Waals surface area contributed by atoms with Crippen LogP contribution < -0.4 is 5.32 Å². The van der Waals surface area contributed by atoms with Crippen molar-refractivity contribution in [3.05, 3.63) is 33.8 Å². The van der Waals surface area contributed by atoms with E-state index in [1.807, 2.05) is 6.92 Å². The van der Waals surface area contributed by atoms with Gasteiger partial charge < -0.3 is 15.2 Å². The summed E-state index contributed by atoms with van der Waals surface area (Å²) < 4.78 is 6.67. The van der Waals surface area contributed by atoms with Crippen LogP contribution >= 0.6 is 15.9 Å². The number of fused-ring (bicyclic) bond motifs is 1. The predicted molar refractivity (Wildman–Crippen MR) is 78.2 cm³/mol. The molecule has 4 heteroatoms. The average molecular weight is 326 g/mol. The Labute approximate surface area is 122 Å². The zero-order chi connectivity index (χ0) is 13.5. The molecule has 1 fully saturated rings. The van der Waals surface area contributed by atoms with Crippen LogP contribution in [0.4, 0.5) is 0 Å². The first-order valence-electron chi connectivity index (χ1n) is 6.95. The second-order valence-electron chi connectivity index (χ2n) is 5.65. The summed E-state index contributed by atoms with van der Waals surface area (Å²) in [5.74, 6) is 0. The number of rotatable bonds is 3. The lowest BCUT2D eigenvalue weighted by atomic mass is 9.96. The van der Waals surface area contributed by atoms with Crippen molar-refractivity contribution in [3.8, 4) is 0 Å². The van der Waals surface area contributed by atoms with Crippen LogP contribution in [0.1, 0.15) is 36.9 Å². The Morgan fingerprint density at radius 2 is 2.37 bits per heavy atom. The Balaban J connectivity index is 1.69. The molecule has 0 saturated carbocycles. The molecule has 104 valence electrons. The van der Waals surface area contributed by atoms with Crippen LogP contribution in [0.15, 0.2) is 22.7 Å². The van der Waals surface area contributed by atoms with Gasteiger partial charge in [-0.3, -0.25) is 0 Å². The van der Waals surface area contributed by atoms with Gasteiger partial charge in [0.15, 0.2) is 0 Å². The maximum atomic E-state index is 10.5. The van der Waals surface area contributed by atoms with Crippen LogP contribution in [0.5, 0.6) is 0 Å². The molecule has 3 rings (SSSR count). The summed E-state index contributed by atoms with van der Waals surface area (Å²) in [5, 5.41) is 14.1. The van der Waals surface area contributed by atoms with Gasteiger partial charge >= 0.3 is 0 Å². The van der Waals surface area contributed by atoms with Crippen LogP contribution in [0.25, 0.3) is 0 Å². The SMILES string of the molecule is CC1OCCC1(O)CNC1CCc2c(Br)cccc21. The van der Waals surface area contributed by atoms with Crippen LogP contribution in [-0.2, 0) is 11.2 Å².